The van der Waals surface area contributed by atoms with E-state index in [0.717, 1.165) is 11.1 Å². The van der Waals surface area contributed by atoms with E-state index >= 15 is 0 Å². The lowest BCUT2D eigenvalue weighted by molar-refractivity contribution is -0.124. The van der Waals surface area contributed by atoms with Gasteiger partial charge in [0.25, 0.3) is 5.91 Å². The van der Waals surface area contributed by atoms with Crippen LogP contribution in [0.15, 0.2) is 59.0 Å². The molecule has 0 aliphatic heterocycles. The average Bonchev–Trinajstić information content (AvgIpc) is 3.10. The average molecular weight is 351 g/mol. The summed E-state index contributed by atoms with van der Waals surface area (Å²) in [6.45, 7) is 5.74. The van der Waals surface area contributed by atoms with E-state index in [0.29, 0.717) is 17.5 Å². The molecule has 1 heterocycles. The zero-order valence-electron chi connectivity index (χ0n) is 15.0. The van der Waals surface area contributed by atoms with Crippen molar-refractivity contribution in [1.82, 2.24) is 15.5 Å². The van der Waals surface area contributed by atoms with Gasteiger partial charge >= 0.3 is 0 Å². The van der Waals surface area contributed by atoms with Gasteiger partial charge in [-0.1, -0.05) is 18.2 Å². The Hall–Kier alpha value is -3.15. The van der Waals surface area contributed by atoms with Crippen molar-refractivity contribution >= 4 is 5.91 Å². The predicted molar refractivity (Wildman–Crippen MR) is 98.6 cm³/mol. The van der Waals surface area contributed by atoms with E-state index in [4.69, 9.17) is 9.15 Å². The molecule has 0 spiro atoms. The lowest BCUT2D eigenvalue weighted by Crippen LogP contribution is -2.43. The van der Waals surface area contributed by atoms with Crippen molar-refractivity contribution in [2.75, 3.05) is 6.61 Å². The second-order valence-electron chi connectivity index (χ2n) is 6.89. The number of amides is 1. The Balaban J connectivity index is 1.63. The first-order valence-electron chi connectivity index (χ1n) is 8.34. The van der Waals surface area contributed by atoms with Crippen LogP contribution in [0.5, 0.6) is 5.75 Å². The van der Waals surface area contributed by atoms with Gasteiger partial charge in [-0.05, 0) is 57.2 Å². The van der Waals surface area contributed by atoms with Gasteiger partial charge in [0.1, 0.15) is 5.75 Å². The van der Waals surface area contributed by atoms with Crippen LogP contribution in [-0.2, 0) is 4.79 Å². The van der Waals surface area contributed by atoms with E-state index < -0.39 is 0 Å². The maximum Gasteiger partial charge on any atom is 0.258 e. The number of ether oxygens (including phenoxy) is 1. The molecule has 1 N–H and O–H groups in total. The predicted octanol–water partition coefficient (Wildman–Crippen LogP) is 3.70. The van der Waals surface area contributed by atoms with Crippen LogP contribution in [0.2, 0.25) is 0 Å². The fraction of sp³-hybridized carbons (Fsp3) is 0.250. The Morgan fingerprint density at radius 1 is 0.962 bits per heavy atom. The molecule has 0 aliphatic carbocycles. The normalized spacial score (nSPS) is 11.2. The van der Waals surface area contributed by atoms with Crippen LogP contribution in [0.1, 0.15) is 20.8 Å². The van der Waals surface area contributed by atoms with E-state index in [-0.39, 0.29) is 18.1 Å². The lowest BCUT2D eigenvalue weighted by atomic mass is 10.1. The van der Waals surface area contributed by atoms with Gasteiger partial charge in [0.2, 0.25) is 11.8 Å². The standard InChI is InChI=1S/C20H21N3O3/c1-20(2,3)21-17(24)13-25-16-11-9-15(10-12-16)19-23-22-18(26-19)14-7-5-4-6-8-14/h4-12H,13H2,1-3H3,(H,21,24). The third-order valence-electron chi connectivity index (χ3n) is 3.43. The van der Waals surface area contributed by atoms with Crippen molar-refractivity contribution in [3.8, 4) is 28.7 Å². The molecule has 2 aromatic carbocycles. The third kappa shape index (κ3) is 4.69. The fourth-order valence-electron chi connectivity index (χ4n) is 2.33. The van der Waals surface area contributed by atoms with Crippen LogP contribution in [0, 0.1) is 0 Å². The van der Waals surface area contributed by atoms with E-state index in [1.807, 2.05) is 63.2 Å². The number of aromatic nitrogens is 2. The number of hydrogen-bond acceptors (Lipinski definition) is 5. The molecule has 134 valence electrons. The highest BCUT2D eigenvalue weighted by Crippen LogP contribution is 2.25. The van der Waals surface area contributed by atoms with E-state index in [2.05, 4.69) is 15.5 Å². The highest BCUT2D eigenvalue weighted by Gasteiger charge is 2.14. The zero-order chi connectivity index (χ0) is 18.6. The molecule has 0 saturated carbocycles. The topological polar surface area (TPSA) is 77.2 Å². The van der Waals surface area contributed by atoms with Gasteiger partial charge in [0.05, 0.1) is 0 Å². The van der Waals surface area contributed by atoms with Crippen molar-refractivity contribution in [2.45, 2.75) is 26.3 Å². The Labute approximate surface area is 152 Å². The molecule has 0 radical (unpaired) electrons. The molecular formula is C20H21N3O3. The van der Waals surface area contributed by atoms with Crippen molar-refractivity contribution in [3.05, 3.63) is 54.6 Å². The summed E-state index contributed by atoms with van der Waals surface area (Å²) in [6.07, 6.45) is 0. The molecular weight excluding hydrogens is 330 g/mol. The van der Waals surface area contributed by atoms with Crippen LogP contribution in [0.3, 0.4) is 0 Å². The van der Waals surface area contributed by atoms with Crippen LogP contribution in [0.4, 0.5) is 0 Å². The largest absolute Gasteiger partial charge is 0.484 e. The van der Waals surface area contributed by atoms with Gasteiger partial charge in [0.15, 0.2) is 6.61 Å². The molecule has 1 aromatic heterocycles. The van der Waals surface area contributed by atoms with Crippen LogP contribution in [-0.4, -0.2) is 28.3 Å². The summed E-state index contributed by atoms with van der Waals surface area (Å²) in [7, 11) is 0. The summed E-state index contributed by atoms with van der Waals surface area (Å²) in [4.78, 5) is 11.8. The van der Waals surface area contributed by atoms with Crippen molar-refractivity contribution in [1.29, 1.82) is 0 Å². The zero-order valence-corrected chi connectivity index (χ0v) is 15.0. The molecule has 26 heavy (non-hydrogen) atoms. The second-order valence-corrected chi connectivity index (χ2v) is 6.89. The minimum Gasteiger partial charge on any atom is -0.484 e. The number of benzene rings is 2. The number of carbonyl (C=O) groups is 1. The highest BCUT2D eigenvalue weighted by atomic mass is 16.5. The van der Waals surface area contributed by atoms with Crippen LogP contribution in [0.25, 0.3) is 22.9 Å². The summed E-state index contributed by atoms with van der Waals surface area (Å²) in [6, 6.07) is 16.8. The van der Waals surface area contributed by atoms with Gasteiger partial charge < -0.3 is 14.5 Å². The summed E-state index contributed by atoms with van der Waals surface area (Å²) in [5.41, 5.74) is 1.38. The Bertz CT molecular complexity index is 865. The smallest absolute Gasteiger partial charge is 0.258 e. The summed E-state index contributed by atoms with van der Waals surface area (Å²) in [5, 5.41) is 11.0. The maximum atomic E-state index is 11.8. The van der Waals surface area contributed by atoms with E-state index in [9.17, 15) is 4.79 Å². The first-order valence-corrected chi connectivity index (χ1v) is 8.34. The Morgan fingerprint density at radius 3 is 2.12 bits per heavy atom. The Kier molecular flexibility index (Phi) is 5.02. The quantitative estimate of drug-likeness (QED) is 0.758. The monoisotopic (exact) mass is 351 g/mol. The second kappa shape index (κ2) is 7.39. The van der Waals surface area contributed by atoms with Gasteiger partial charge in [0, 0.05) is 16.7 Å². The number of nitrogens with one attached hydrogen (secondary N) is 1. The number of nitrogens with zero attached hydrogens (tertiary/aromatic N) is 2. The lowest BCUT2D eigenvalue weighted by Gasteiger charge is -2.20. The summed E-state index contributed by atoms with van der Waals surface area (Å²) >= 11 is 0. The maximum absolute atomic E-state index is 11.8. The fourth-order valence-corrected chi connectivity index (χ4v) is 2.33. The third-order valence-corrected chi connectivity index (χ3v) is 3.43. The highest BCUT2D eigenvalue weighted by molar-refractivity contribution is 5.78. The van der Waals surface area contributed by atoms with Crippen molar-refractivity contribution in [2.24, 2.45) is 0 Å². The van der Waals surface area contributed by atoms with E-state index in [1.54, 1.807) is 12.1 Å². The molecule has 1 amide bonds. The number of rotatable bonds is 5. The van der Waals surface area contributed by atoms with E-state index in [1.165, 1.54) is 0 Å². The number of carbonyl (C=O) groups excluding carboxylic acids is 1. The first-order chi connectivity index (χ1) is 12.4. The van der Waals surface area contributed by atoms with Crippen molar-refractivity contribution in [3.63, 3.8) is 0 Å². The van der Waals surface area contributed by atoms with Crippen LogP contribution < -0.4 is 10.1 Å². The first kappa shape index (κ1) is 17.7. The summed E-state index contributed by atoms with van der Waals surface area (Å²) < 4.78 is 11.2. The molecule has 6 heteroatoms. The Morgan fingerprint density at radius 2 is 1.54 bits per heavy atom. The van der Waals surface area contributed by atoms with Gasteiger partial charge in [-0.2, -0.15) is 0 Å². The molecule has 0 fully saturated rings. The molecule has 0 bridgehead atoms. The summed E-state index contributed by atoms with van der Waals surface area (Å²) in [5.74, 6) is 1.34. The van der Waals surface area contributed by atoms with Crippen molar-refractivity contribution < 1.29 is 13.9 Å². The minimum atomic E-state index is -0.279. The molecule has 6 nitrogen and oxygen atoms in total. The molecule has 0 unspecified atom stereocenters. The van der Waals surface area contributed by atoms with Crippen LogP contribution >= 0.6 is 0 Å². The van der Waals surface area contributed by atoms with Gasteiger partial charge in [-0.15, -0.1) is 10.2 Å². The van der Waals surface area contributed by atoms with Gasteiger partial charge in [-0.3, -0.25) is 4.79 Å². The molecule has 3 aromatic rings. The SMILES string of the molecule is CC(C)(C)NC(=O)COc1ccc(-c2nnc(-c3ccccc3)o2)cc1. The molecule has 0 saturated heterocycles. The molecule has 0 aliphatic rings. The van der Waals surface area contributed by atoms with Gasteiger partial charge in [-0.25, -0.2) is 0 Å². The minimum absolute atomic E-state index is 0.0324. The molecule has 0 atom stereocenters. The molecule has 3 rings (SSSR count). The number of hydrogen-bond donors (Lipinski definition) is 1.